The van der Waals surface area contributed by atoms with Gasteiger partial charge in [0.25, 0.3) is 11.5 Å². The SMILES string of the molecule is Cc1cc[nH]c(=O)c1C(=O)NCc1ccc(N2CCOC(C)C2)nc1. The smallest absolute Gasteiger partial charge is 0.261 e. The van der Waals surface area contributed by atoms with Gasteiger partial charge in [-0.05, 0) is 37.1 Å². The number of aromatic amines is 1. The van der Waals surface area contributed by atoms with E-state index in [9.17, 15) is 9.59 Å². The molecule has 1 atom stereocenters. The van der Waals surface area contributed by atoms with Crippen LogP contribution in [0.5, 0.6) is 0 Å². The minimum absolute atomic E-state index is 0.148. The molecule has 0 bridgehead atoms. The molecule has 3 rings (SSSR count). The first-order valence-corrected chi connectivity index (χ1v) is 8.32. The van der Waals surface area contributed by atoms with Crippen LogP contribution in [0.15, 0.2) is 35.4 Å². The third-order valence-electron chi connectivity index (χ3n) is 4.22. The van der Waals surface area contributed by atoms with Crippen LogP contribution >= 0.6 is 0 Å². The van der Waals surface area contributed by atoms with Crippen molar-refractivity contribution in [1.29, 1.82) is 0 Å². The Morgan fingerprint density at radius 3 is 2.96 bits per heavy atom. The molecule has 1 saturated heterocycles. The molecule has 7 nitrogen and oxygen atoms in total. The number of nitrogens with zero attached hydrogens (tertiary/aromatic N) is 2. The van der Waals surface area contributed by atoms with E-state index in [-0.39, 0.29) is 23.1 Å². The Labute approximate surface area is 146 Å². The summed E-state index contributed by atoms with van der Waals surface area (Å²) < 4.78 is 5.53. The van der Waals surface area contributed by atoms with Crippen molar-refractivity contribution >= 4 is 11.7 Å². The molecule has 0 aromatic carbocycles. The molecule has 7 heteroatoms. The third kappa shape index (κ3) is 4.06. The summed E-state index contributed by atoms with van der Waals surface area (Å²) in [6, 6.07) is 5.58. The number of nitrogens with one attached hydrogen (secondary N) is 2. The Hall–Kier alpha value is -2.67. The highest BCUT2D eigenvalue weighted by molar-refractivity contribution is 5.95. The molecule has 25 heavy (non-hydrogen) atoms. The Morgan fingerprint density at radius 1 is 1.44 bits per heavy atom. The van der Waals surface area contributed by atoms with Crippen LogP contribution < -0.4 is 15.8 Å². The first-order valence-electron chi connectivity index (χ1n) is 8.32. The minimum Gasteiger partial charge on any atom is -0.375 e. The highest BCUT2D eigenvalue weighted by Crippen LogP contribution is 2.15. The molecular weight excluding hydrogens is 320 g/mol. The van der Waals surface area contributed by atoms with Crippen LogP contribution in [0.25, 0.3) is 0 Å². The summed E-state index contributed by atoms with van der Waals surface area (Å²) in [5.74, 6) is 0.519. The Morgan fingerprint density at radius 2 is 2.28 bits per heavy atom. The maximum absolute atomic E-state index is 12.2. The van der Waals surface area contributed by atoms with E-state index in [0.717, 1.165) is 24.5 Å². The predicted molar refractivity (Wildman–Crippen MR) is 94.8 cm³/mol. The van der Waals surface area contributed by atoms with Crippen LogP contribution in [-0.4, -0.2) is 41.7 Å². The largest absolute Gasteiger partial charge is 0.375 e. The number of carbonyl (C=O) groups is 1. The van der Waals surface area contributed by atoms with Crippen LogP contribution in [0.3, 0.4) is 0 Å². The van der Waals surface area contributed by atoms with Crippen molar-refractivity contribution in [2.24, 2.45) is 0 Å². The topological polar surface area (TPSA) is 87.3 Å². The summed E-state index contributed by atoms with van der Waals surface area (Å²) in [4.78, 5) is 33.2. The van der Waals surface area contributed by atoms with Gasteiger partial charge in [0.15, 0.2) is 0 Å². The summed E-state index contributed by atoms with van der Waals surface area (Å²) >= 11 is 0. The van der Waals surface area contributed by atoms with Crippen molar-refractivity contribution in [2.75, 3.05) is 24.6 Å². The molecule has 0 saturated carbocycles. The van der Waals surface area contributed by atoms with Crippen LogP contribution in [-0.2, 0) is 11.3 Å². The molecular formula is C18H22N4O3. The van der Waals surface area contributed by atoms with Gasteiger partial charge in [0, 0.05) is 32.0 Å². The number of rotatable bonds is 4. The monoisotopic (exact) mass is 342 g/mol. The Kier molecular flexibility index (Phi) is 5.14. The second kappa shape index (κ2) is 7.48. The summed E-state index contributed by atoms with van der Waals surface area (Å²) in [6.07, 6.45) is 3.48. The van der Waals surface area contributed by atoms with Gasteiger partial charge in [-0.15, -0.1) is 0 Å². The maximum Gasteiger partial charge on any atom is 0.261 e. The molecule has 1 fully saturated rings. The number of aryl methyl sites for hydroxylation is 1. The summed E-state index contributed by atoms with van der Waals surface area (Å²) in [6.45, 7) is 6.45. The average Bonchev–Trinajstić information content (AvgIpc) is 2.60. The number of ether oxygens (including phenoxy) is 1. The van der Waals surface area contributed by atoms with Gasteiger partial charge in [0.2, 0.25) is 0 Å². The normalized spacial score (nSPS) is 17.4. The van der Waals surface area contributed by atoms with Crippen molar-refractivity contribution in [1.82, 2.24) is 15.3 Å². The first kappa shape index (κ1) is 17.2. The lowest BCUT2D eigenvalue weighted by Crippen LogP contribution is -2.41. The molecule has 0 radical (unpaired) electrons. The fourth-order valence-electron chi connectivity index (χ4n) is 2.86. The van der Waals surface area contributed by atoms with Gasteiger partial charge in [-0.25, -0.2) is 4.98 Å². The Balaban J connectivity index is 1.62. The molecule has 132 valence electrons. The molecule has 0 aliphatic carbocycles. The van der Waals surface area contributed by atoms with E-state index in [2.05, 4.69) is 20.2 Å². The van der Waals surface area contributed by atoms with Crippen molar-refractivity contribution in [3.8, 4) is 0 Å². The van der Waals surface area contributed by atoms with E-state index in [1.807, 2.05) is 19.1 Å². The van der Waals surface area contributed by atoms with Gasteiger partial charge in [-0.2, -0.15) is 0 Å². The van der Waals surface area contributed by atoms with Crippen molar-refractivity contribution in [3.63, 3.8) is 0 Å². The zero-order valence-electron chi connectivity index (χ0n) is 14.4. The molecule has 3 heterocycles. The highest BCUT2D eigenvalue weighted by Gasteiger charge is 2.18. The number of pyridine rings is 2. The van der Waals surface area contributed by atoms with Gasteiger partial charge in [0.05, 0.1) is 12.7 Å². The summed E-state index contributed by atoms with van der Waals surface area (Å²) in [5, 5.41) is 2.77. The van der Waals surface area contributed by atoms with E-state index in [1.165, 1.54) is 6.20 Å². The van der Waals surface area contributed by atoms with Gasteiger partial charge in [-0.1, -0.05) is 6.07 Å². The highest BCUT2D eigenvalue weighted by atomic mass is 16.5. The molecule has 2 aromatic rings. The van der Waals surface area contributed by atoms with E-state index >= 15 is 0 Å². The van der Waals surface area contributed by atoms with Crippen LogP contribution in [0.4, 0.5) is 5.82 Å². The van der Waals surface area contributed by atoms with E-state index < -0.39 is 0 Å². The van der Waals surface area contributed by atoms with Gasteiger partial charge >= 0.3 is 0 Å². The second-order valence-corrected chi connectivity index (χ2v) is 6.20. The zero-order valence-corrected chi connectivity index (χ0v) is 14.4. The number of anilines is 1. The number of H-pyrrole nitrogens is 1. The number of hydrogen-bond donors (Lipinski definition) is 2. The van der Waals surface area contributed by atoms with Crippen molar-refractivity contribution in [2.45, 2.75) is 26.5 Å². The molecule has 0 spiro atoms. The van der Waals surface area contributed by atoms with E-state index in [1.54, 1.807) is 19.2 Å². The summed E-state index contributed by atoms with van der Waals surface area (Å²) in [7, 11) is 0. The predicted octanol–water partition coefficient (Wildman–Crippen LogP) is 1.23. The van der Waals surface area contributed by atoms with Gasteiger partial charge in [-0.3, -0.25) is 9.59 Å². The van der Waals surface area contributed by atoms with Crippen molar-refractivity contribution < 1.29 is 9.53 Å². The fraction of sp³-hybridized carbons (Fsp3) is 0.389. The van der Waals surface area contributed by atoms with E-state index in [0.29, 0.717) is 18.7 Å². The van der Waals surface area contributed by atoms with Gasteiger partial charge < -0.3 is 19.9 Å². The van der Waals surface area contributed by atoms with Crippen LogP contribution in [0.1, 0.15) is 28.4 Å². The minimum atomic E-state index is -0.384. The van der Waals surface area contributed by atoms with E-state index in [4.69, 9.17) is 4.74 Å². The number of morpholine rings is 1. The number of amides is 1. The van der Waals surface area contributed by atoms with Crippen LogP contribution in [0, 0.1) is 6.92 Å². The molecule has 1 aliphatic rings. The quantitative estimate of drug-likeness (QED) is 0.873. The van der Waals surface area contributed by atoms with Crippen molar-refractivity contribution in [3.05, 3.63) is 57.6 Å². The number of carbonyl (C=O) groups excluding carboxylic acids is 1. The van der Waals surface area contributed by atoms with Gasteiger partial charge in [0.1, 0.15) is 11.4 Å². The first-order chi connectivity index (χ1) is 12.0. The lowest BCUT2D eigenvalue weighted by molar-refractivity contribution is 0.0529. The standard InChI is InChI=1S/C18H22N4O3/c1-12-5-6-19-17(23)16(12)18(24)21-10-14-3-4-15(20-9-14)22-7-8-25-13(2)11-22/h3-6,9,13H,7-8,10-11H2,1-2H3,(H,19,23)(H,21,24). The Bertz CT molecular complexity index is 801. The number of aromatic nitrogens is 2. The summed E-state index contributed by atoms with van der Waals surface area (Å²) in [5.41, 5.74) is 1.29. The maximum atomic E-state index is 12.2. The molecule has 1 amide bonds. The molecule has 1 unspecified atom stereocenters. The third-order valence-corrected chi connectivity index (χ3v) is 4.22. The lowest BCUT2D eigenvalue weighted by atomic mass is 10.1. The lowest BCUT2D eigenvalue weighted by Gasteiger charge is -2.32. The zero-order chi connectivity index (χ0) is 17.8. The molecule has 2 N–H and O–H groups in total. The second-order valence-electron chi connectivity index (χ2n) is 6.20. The molecule has 1 aliphatic heterocycles. The van der Waals surface area contributed by atoms with Crippen LogP contribution in [0.2, 0.25) is 0 Å². The fourth-order valence-corrected chi connectivity index (χ4v) is 2.86. The number of hydrogen-bond acceptors (Lipinski definition) is 5. The molecule has 2 aromatic heterocycles. The average molecular weight is 342 g/mol.